The minimum absolute atomic E-state index is 0.0675. The Labute approximate surface area is 226 Å². The van der Waals surface area contributed by atoms with E-state index in [1.54, 1.807) is 12.1 Å². The van der Waals surface area contributed by atoms with Crippen molar-refractivity contribution in [1.82, 2.24) is 14.0 Å². The number of piperidine rings is 1. The van der Waals surface area contributed by atoms with Crippen LogP contribution in [0, 0.1) is 12.8 Å². The van der Waals surface area contributed by atoms with Gasteiger partial charge in [-0.3, -0.25) is 14.5 Å². The summed E-state index contributed by atoms with van der Waals surface area (Å²) in [6.45, 7) is 7.58. The number of Topliss-reactive ketones (excluding diaryl/α,β-unsaturated/α-hetero) is 1. The van der Waals surface area contributed by atoms with Crippen molar-refractivity contribution in [3.05, 3.63) is 98.8 Å². The number of ketones is 1. The van der Waals surface area contributed by atoms with Crippen LogP contribution in [0.15, 0.2) is 65.3 Å². The summed E-state index contributed by atoms with van der Waals surface area (Å²) in [4.78, 5) is 28.3. The fourth-order valence-corrected chi connectivity index (χ4v) is 6.87. The molecule has 4 aromatic rings. The average Bonchev–Trinajstić information content (AvgIpc) is 3.45. The number of para-hydroxylation sites is 1. The summed E-state index contributed by atoms with van der Waals surface area (Å²) in [6.07, 6.45) is 4.94. The zero-order chi connectivity index (χ0) is 26.8. The van der Waals surface area contributed by atoms with E-state index in [0.29, 0.717) is 41.4 Å². The van der Waals surface area contributed by atoms with Crippen molar-refractivity contribution < 1.29 is 14.6 Å². The van der Waals surface area contributed by atoms with Gasteiger partial charge in [0.1, 0.15) is 11.5 Å². The molecule has 7 nitrogen and oxygen atoms in total. The predicted molar refractivity (Wildman–Crippen MR) is 150 cm³/mol. The van der Waals surface area contributed by atoms with E-state index in [-0.39, 0.29) is 28.8 Å². The van der Waals surface area contributed by atoms with Gasteiger partial charge in [-0.2, -0.15) is 0 Å². The maximum absolute atomic E-state index is 13.6. The third kappa shape index (κ3) is 3.83. The van der Waals surface area contributed by atoms with Crippen molar-refractivity contribution >= 4 is 22.8 Å². The number of hydrogen-bond acceptors (Lipinski definition) is 5. The van der Waals surface area contributed by atoms with Crippen LogP contribution in [-0.4, -0.2) is 38.0 Å². The van der Waals surface area contributed by atoms with Crippen LogP contribution in [0.5, 0.6) is 11.5 Å². The first-order chi connectivity index (χ1) is 18.9. The van der Waals surface area contributed by atoms with Crippen molar-refractivity contribution in [3.8, 4) is 11.5 Å². The monoisotopic (exact) mass is 521 g/mol. The largest absolute Gasteiger partial charge is 0.507 e. The SMILES string of the molecule is CCn1cc(/C=C2/Oc3c(CN4C[C@@H]5C[C@H](C4)c4cccc(=O)n4C5)c(O)cc(C)c3C2=O)c2ccccc21. The Morgan fingerprint density at radius 1 is 1.08 bits per heavy atom. The van der Waals surface area contributed by atoms with Crippen LogP contribution < -0.4 is 10.3 Å². The number of benzene rings is 2. The Hall–Kier alpha value is -4.10. The van der Waals surface area contributed by atoms with Crippen molar-refractivity contribution in [2.24, 2.45) is 5.92 Å². The number of aromatic hydroxyl groups is 1. The molecule has 0 saturated carbocycles. The van der Waals surface area contributed by atoms with Gasteiger partial charge in [-0.25, -0.2) is 0 Å². The molecule has 2 aromatic heterocycles. The van der Waals surface area contributed by atoms with Crippen molar-refractivity contribution in [3.63, 3.8) is 0 Å². The van der Waals surface area contributed by atoms with E-state index >= 15 is 0 Å². The molecule has 0 unspecified atom stereocenters. The molecule has 0 aliphatic carbocycles. The number of carbonyl (C=O) groups excluding carboxylic acids is 1. The van der Waals surface area contributed by atoms with Gasteiger partial charge in [0.25, 0.3) is 5.56 Å². The molecule has 0 spiro atoms. The smallest absolute Gasteiger partial charge is 0.250 e. The Kier molecular flexibility index (Phi) is 5.52. The van der Waals surface area contributed by atoms with Crippen LogP contribution in [0.4, 0.5) is 0 Å². The van der Waals surface area contributed by atoms with Crippen LogP contribution in [0.25, 0.3) is 17.0 Å². The lowest BCUT2D eigenvalue weighted by molar-refractivity contribution is 0.101. The molecule has 1 saturated heterocycles. The van der Waals surface area contributed by atoms with Gasteiger partial charge in [0, 0.05) is 73.1 Å². The quantitative estimate of drug-likeness (QED) is 0.380. The van der Waals surface area contributed by atoms with Crippen molar-refractivity contribution in [2.75, 3.05) is 13.1 Å². The lowest BCUT2D eigenvalue weighted by atomic mass is 9.83. The lowest BCUT2D eigenvalue weighted by Gasteiger charge is -2.43. The molecule has 7 heteroatoms. The summed E-state index contributed by atoms with van der Waals surface area (Å²) < 4.78 is 10.4. The highest BCUT2D eigenvalue weighted by Crippen LogP contribution is 2.44. The molecule has 2 bridgehead atoms. The molecule has 0 radical (unpaired) electrons. The zero-order valence-electron chi connectivity index (χ0n) is 22.2. The molecule has 7 rings (SSSR count). The second kappa shape index (κ2) is 8.99. The maximum atomic E-state index is 13.6. The molecule has 5 heterocycles. The minimum atomic E-state index is -0.152. The van der Waals surface area contributed by atoms with Gasteiger partial charge in [0.15, 0.2) is 5.76 Å². The van der Waals surface area contributed by atoms with Crippen LogP contribution in [-0.2, 0) is 19.6 Å². The van der Waals surface area contributed by atoms with Crippen molar-refractivity contribution in [2.45, 2.75) is 45.8 Å². The molecule has 2 aromatic carbocycles. The third-order valence-corrected chi connectivity index (χ3v) is 8.60. The predicted octanol–water partition coefficient (Wildman–Crippen LogP) is 5.07. The number of allylic oxidation sites excluding steroid dienone is 1. The van der Waals surface area contributed by atoms with Gasteiger partial charge in [0.05, 0.1) is 11.1 Å². The maximum Gasteiger partial charge on any atom is 0.250 e. The molecule has 3 aliphatic rings. The van der Waals surface area contributed by atoms with Gasteiger partial charge in [-0.1, -0.05) is 24.3 Å². The molecular weight excluding hydrogens is 490 g/mol. The van der Waals surface area contributed by atoms with E-state index in [4.69, 9.17) is 4.74 Å². The number of rotatable bonds is 4. The third-order valence-electron chi connectivity index (χ3n) is 8.60. The number of carbonyl (C=O) groups is 1. The fraction of sp³-hybridized carbons (Fsp3) is 0.312. The number of fused-ring (bicyclic) bond motifs is 6. The molecule has 3 aliphatic heterocycles. The Balaban J connectivity index is 1.22. The van der Waals surface area contributed by atoms with E-state index < -0.39 is 0 Å². The second-order valence-corrected chi connectivity index (χ2v) is 11.1. The van der Waals surface area contributed by atoms with E-state index in [1.165, 1.54) is 0 Å². The standard InChI is InChI=1S/C32H31N3O4/c1-3-34-17-21(23-7-4-5-8-26(23)34)13-28-31(38)30-19(2)11-27(36)24(32(30)39-28)18-33-14-20-12-22(16-33)25-9-6-10-29(37)35(25)15-20/h4-11,13,17,20,22,36H,3,12,14-16,18H2,1-2H3/b28-13+/t20-,22+/m0/s1. The average molecular weight is 522 g/mol. The second-order valence-electron chi connectivity index (χ2n) is 11.1. The topological polar surface area (TPSA) is 76.7 Å². The van der Waals surface area contributed by atoms with E-state index in [2.05, 4.69) is 40.8 Å². The minimum Gasteiger partial charge on any atom is -0.507 e. The first-order valence-corrected chi connectivity index (χ1v) is 13.7. The van der Waals surface area contributed by atoms with Gasteiger partial charge in [-0.15, -0.1) is 0 Å². The lowest BCUT2D eigenvalue weighted by Crippen LogP contribution is -2.46. The van der Waals surface area contributed by atoms with E-state index in [0.717, 1.165) is 48.2 Å². The number of nitrogens with zero attached hydrogens (tertiary/aromatic N) is 3. The van der Waals surface area contributed by atoms with Crippen LogP contribution in [0.2, 0.25) is 0 Å². The Morgan fingerprint density at radius 2 is 1.92 bits per heavy atom. The molecule has 198 valence electrons. The van der Waals surface area contributed by atoms with E-state index in [9.17, 15) is 14.7 Å². The molecule has 39 heavy (non-hydrogen) atoms. The molecule has 1 fully saturated rings. The van der Waals surface area contributed by atoms with E-state index in [1.807, 2.05) is 35.8 Å². The highest BCUT2D eigenvalue weighted by atomic mass is 16.5. The number of ether oxygens (including phenoxy) is 1. The number of phenolic OH excluding ortho intramolecular Hbond substituents is 1. The number of aryl methyl sites for hydroxylation is 2. The molecule has 0 amide bonds. The number of aromatic nitrogens is 2. The molecule has 2 atom stereocenters. The summed E-state index contributed by atoms with van der Waals surface area (Å²) >= 11 is 0. The van der Waals surface area contributed by atoms with Crippen LogP contribution in [0.3, 0.4) is 0 Å². The first-order valence-electron chi connectivity index (χ1n) is 13.7. The number of pyridine rings is 1. The van der Waals surface area contributed by atoms with Gasteiger partial charge < -0.3 is 19.0 Å². The number of hydrogen-bond donors (Lipinski definition) is 1. The summed E-state index contributed by atoms with van der Waals surface area (Å²) in [5.41, 5.74) is 5.09. The summed E-state index contributed by atoms with van der Waals surface area (Å²) in [6, 6.07) is 15.4. The summed E-state index contributed by atoms with van der Waals surface area (Å²) in [5, 5.41) is 12.1. The highest BCUT2D eigenvalue weighted by Gasteiger charge is 2.37. The Bertz CT molecular complexity index is 1740. The number of phenols is 1. The Morgan fingerprint density at radius 3 is 2.77 bits per heavy atom. The zero-order valence-corrected chi connectivity index (χ0v) is 22.2. The van der Waals surface area contributed by atoms with Gasteiger partial charge in [0.2, 0.25) is 5.78 Å². The highest BCUT2D eigenvalue weighted by molar-refractivity contribution is 6.16. The summed E-state index contributed by atoms with van der Waals surface area (Å²) in [5.74, 6) is 1.38. The molecular formula is C32H31N3O4. The number of likely N-dealkylation sites (tertiary alicyclic amines) is 1. The van der Waals surface area contributed by atoms with Crippen molar-refractivity contribution in [1.29, 1.82) is 0 Å². The van der Waals surface area contributed by atoms with Gasteiger partial charge in [-0.05, 0) is 56.0 Å². The molecule has 1 N–H and O–H groups in total. The normalized spacial score (nSPS) is 21.3. The summed E-state index contributed by atoms with van der Waals surface area (Å²) in [7, 11) is 0. The van der Waals surface area contributed by atoms with Gasteiger partial charge >= 0.3 is 0 Å². The fourth-order valence-electron chi connectivity index (χ4n) is 6.87. The van der Waals surface area contributed by atoms with Crippen LogP contribution >= 0.6 is 0 Å². The van der Waals surface area contributed by atoms with Crippen LogP contribution in [0.1, 0.15) is 52.0 Å². The first kappa shape index (κ1) is 24.0.